The average molecular weight is 560 g/mol. The fraction of sp³-hybridized carbons (Fsp3) is 0.286. The Bertz CT molecular complexity index is 1000. The highest BCUT2D eigenvalue weighted by Gasteiger charge is 2.29. The van der Waals surface area contributed by atoms with Gasteiger partial charge in [0.25, 0.3) is 0 Å². The molecule has 3 rings (SSSR count). The van der Waals surface area contributed by atoms with Crippen LogP contribution in [-0.2, 0) is 19.3 Å². The second-order valence-electron chi connectivity index (χ2n) is 6.58. The van der Waals surface area contributed by atoms with E-state index in [1.807, 2.05) is 31.2 Å². The Hall–Kier alpha value is -2.83. The maximum absolute atomic E-state index is 12.7. The Balaban J connectivity index is 0.00000363. The molecule has 32 heavy (non-hydrogen) atoms. The lowest BCUT2D eigenvalue weighted by Crippen LogP contribution is -2.37. The molecule has 0 bridgehead atoms. The number of rotatable bonds is 7. The number of guanidine groups is 1. The highest BCUT2D eigenvalue weighted by Crippen LogP contribution is 2.29. The zero-order chi connectivity index (χ0) is 22.3. The molecule has 3 N–H and O–H groups in total. The van der Waals surface area contributed by atoms with Crippen molar-refractivity contribution in [2.24, 2.45) is 4.99 Å². The molecule has 0 saturated heterocycles. The van der Waals surface area contributed by atoms with Crippen LogP contribution in [0.1, 0.15) is 23.9 Å². The fourth-order valence-electron chi connectivity index (χ4n) is 2.72. The van der Waals surface area contributed by atoms with E-state index >= 15 is 0 Å². The lowest BCUT2D eigenvalue weighted by atomic mass is 10.1. The minimum atomic E-state index is -4.35. The highest BCUT2D eigenvalue weighted by molar-refractivity contribution is 14.0. The first-order chi connectivity index (χ1) is 14.9. The molecular formula is C21H24F3IN6O. The van der Waals surface area contributed by atoms with Gasteiger partial charge >= 0.3 is 6.18 Å². The maximum atomic E-state index is 12.7. The van der Waals surface area contributed by atoms with E-state index in [-0.39, 0.29) is 30.5 Å². The SMILES string of the molecule is CCNC(=NCc1ccc(C(F)(F)F)cc1)NCc1nc(-c2ccc(OC)cc2)n[nH]1.I. The van der Waals surface area contributed by atoms with Crippen LogP contribution in [0.25, 0.3) is 11.4 Å². The summed E-state index contributed by atoms with van der Waals surface area (Å²) >= 11 is 0. The number of nitrogens with one attached hydrogen (secondary N) is 3. The van der Waals surface area contributed by atoms with Crippen LogP contribution >= 0.6 is 24.0 Å². The first-order valence-electron chi connectivity index (χ1n) is 9.63. The van der Waals surface area contributed by atoms with Gasteiger partial charge in [0, 0.05) is 12.1 Å². The number of benzene rings is 2. The van der Waals surface area contributed by atoms with Gasteiger partial charge in [-0.05, 0) is 48.9 Å². The molecular weight excluding hydrogens is 536 g/mol. The van der Waals surface area contributed by atoms with Gasteiger partial charge in [0.05, 0.1) is 25.8 Å². The number of alkyl halides is 3. The van der Waals surface area contributed by atoms with E-state index in [4.69, 9.17) is 4.74 Å². The summed E-state index contributed by atoms with van der Waals surface area (Å²) in [7, 11) is 1.60. The summed E-state index contributed by atoms with van der Waals surface area (Å²) in [6.07, 6.45) is -4.35. The van der Waals surface area contributed by atoms with E-state index in [1.165, 1.54) is 12.1 Å². The number of hydrogen-bond donors (Lipinski definition) is 3. The summed E-state index contributed by atoms with van der Waals surface area (Å²) in [4.78, 5) is 8.87. The van der Waals surface area contributed by atoms with Gasteiger partial charge in [-0.3, -0.25) is 5.10 Å². The third-order valence-corrected chi connectivity index (χ3v) is 4.35. The van der Waals surface area contributed by atoms with Gasteiger partial charge in [-0.25, -0.2) is 9.98 Å². The van der Waals surface area contributed by atoms with Crippen molar-refractivity contribution in [1.82, 2.24) is 25.8 Å². The summed E-state index contributed by atoms with van der Waals surface area (Å²) in [5.41, 5.74) is 0.848. The van der Waals surface area contributed by atoms with Gasteiger partial charge in [-0.1, -0.05) is 12.1 Å². The van der Waals surface area contributed by atoms with E-state index in [2.05, 4.69) is 30.8 Å². The van der Waals surface area contributed by atoms with Crippen molar-refractivity contribution in [2.45, 2.75) is 26.2 Å². The monoisotopic (exact) mass is 560 g/mol. The van der Waals surface area contributed by atoms with E-state index in [9.17, 15) is 13.2 Å². The van der Waals surface area contributed by atoms with Crippen LogP contribution in [0, 0.1) is 0 Å². The molecule has 0 aliphatic rings. The molecule has 7 nitrogen and oxygen atoms in total. The fourth-order valence-corrected chi connectivity index (χ4v) is 2.72. The molecule has 0 amide bonds. The van der Waals surface area contributed by atoms with Gasteiger partial charge in [0.15, 0.2) is 11.8 Å². The first kappa shape index (κ1) is 25.4. The largest absolute Gasteiger partial charge is 0.497 e. The minimum absolute atomic E-state index is 0. The van der Waals surface area contributed by atoms with Crippen molar-refractivity contribution >= 4 is 29.9 Å². The molecule has 0 atom stereocenters. The van der Waals surface area contributed by atoms with Crippen LogP contribution in [0.15, 0.2) is 53.5 Å². The predicted octanol–water partition coefficient (Wildman–Crippen LogP) is 4.37. The van der Waals surface area contributed by atoms with Gasteiger partial charge in [-0.15, -0.1) is 24.0 Å². The van der Waals surface area contributed by atoms with E-state index in [0.717, 1.165) is 23.4 Å². The molecule has 0 spiro atoms. The number of methoxy groups -OCH3 is 1. The number of aromatic amines is 1. The van der Waals surface area contributed by atoms with Crippen LogP contribution in [0.3, 0.4) is 0 Å². The molecule has 0 saturated carbocycles. The van der Waals surface area contributed by atoms with Crippen molar-refractivity contribution in [3.05, 3.63) is 65.5 Å². The van der Waals surface area contributed by atoms with E-state index in [0.29, 0.717) is 36.3 Å². The number of aliphatic imine (C=N–C) groups is 1. The molecule has 3 aromatic rings. The van der Waals surface area contributed by atoms with Crippen molar-refractivity contribution < 1.29 is 17.9 Å². The third-order valence-electron chi connectivity index (χ3n) is 4.35. The molecule has 11 heteroatoms. The number of halogens is 4. The molecule has 172 valence electrons. The summed E-state index contributed by atoms with van der Waals surface area (Å²) in [6, 6.07) is 12.4. The van der Waals surface area contributed by atoms with Gasteiger partial charge in [-0.2, -0.15) is 18.3 Å². The van der Waals surface area contributed by atoms with Gasteiger partial charge < -0.3 is 15.4 Å². The molecule has 0 fully saturated rings. The number of aromatic nitrogens is 3. The average Bonchev–Trinajstić information content (AvgIpc) is 3.24. The molecule has 0 unspecified atom stereocenters. The third kappa shape index (κ3) is 7.11. The minimum Gasteiger partial charge on any atom is -0.497 e. The molecule has 1 heterocycles. The van der Waals surface area contributed by atoms with Crippen LogP contribution < -0.4 is 15.4 Å². The van der Waals surface area contributed by atoms with Crippen LogP contribution in [0.5, 0.6) is 5.75 Å². The quantitative estimate of drug-likeness (QED) is 0.227. The van der Waals surface area contributed by atoms with Crippen molar-refractivity contribution in [3.63, 3.8) is 0 Å². The Morgan fingerprint density at radius 2 is 1.75 bits per heavy atom. The number of ether oxygens (including phenoxy) is 1. The summed E-state index contributed by atoms with van der Waals surface area (Å²) in [6.45, 7) is 3.14. The van der Waals surface area contributed by atoms with Crippen molar-refractivity contribution in [3.8, 4) is 17.1 Å². The number of nitrogens with zero attached hydrogens (tertiary/aromatic N) is 3. The summed E-state index contributed by atoms with van der Waals surface area (Å²) in [5.74, 6) is 2.45. The van der Waals surface area contributed by atoms with E-state index < -0.39 is 11.7 Å². The summed E-state index contributed by atoms with van der Waals surface area (Å²) < 4.78 is 43.2. The lowest BCUT2D eigenvalue weighted by Gasteiger charge is -2.10. The normalized spacial score (nSPS) is 11.6. The van der Waals surface area contributed by atoms with Gasteiger partial charge in [0.2, 0.25) is 0 Å². The standard InChI is InChI=1S/C21H23F3N6O.HI/c1-3-25-20(26-12-14-4-8-16(9-5-14)21(22,23)24)27-13-18-28-19(30-29-18)15-6-10-17(31-2)11-7-15;/h4-11H,3,12-13H2,1-2H3,(H2,25,26,27)(H,28,29,30);1H. The maximum Gasteiger partial charge on any atom is 0.416 e. The molecule has 0 radical (unpaired) electrons. The number of hydrogen-bond acceptors (Lipinski definition) is 4. The number of H-pyrrole nitrogens is 1. The lowest BCUT2D eigenvalue weighted by molar-refractivity contribution is -0.137. The smallest absolute Gasteiger partial charge is 0.416 e. The highest BCUT2D eigenvalue weighted by atomic mass is 127. The van der Waals surface area contributed by atoms with Crippen molar-refractivity contribution in [2.75, 3.05) is 13.7 Å². The molecule has 2 aromatic carbocycles. The zero-order valence-electron chi connectivity index (χ0n) is 17.5. The van der Waals surface area contributed by atoms with Crippen LogP contribution in [-0.4, -0.2) is 34.8 Å². The van der Waals surface area contributed by atoms with Crippen LogP contribution in [0.4, 0.5) is 13.2 Å². The Morgan fingerprint density at radius 1 is 1.06 bits per heavy atom. The molecule has 0 aliphatic heterocycles. The van der Waals surface area contributed by atoms with Crippen LogP contribution in [0.2, 0.25) is 0 Å². The predicted molar refractivity (Wildman–Crippen MR) is 127 cm³/mol. The second kappa shape index (κ2) is 11.7. The van der Waals surface area contributed by atoms with E-state index in [1.54, 1.807) is 7.11 Å². The first-order valence-corrected chi connectivity index (χ1v) is 9.63. The topological polar surface area (TPSA) is 87.2 Å². The Morgan fingerprint density at radius 3 is 2.34 bits per heavy atom. The molecule has 1 aromatic heterocycles. The van der Waals surface area contributed by atoms with Crippen molar-refractivity contribution in [1.29, 1.82) is 0 Å². The Labute approximate surface area is 200 Å². The second-order valence-corrected chi connectivity index (χ2v) is 6.58. The summed E-state index contributed by atoms with van der Waals surface area (Å²) in [5, 5.41) is 13.3. The Kier molecular flexibility index (Phi) is 9.29. The molecule has 0 aliphatic carbocycles. The van der Waals surface area contributed by atoms with Gasteiger partial charge in [0.1, 0.15) is 11.6 Å². The zero-order valence-corrected chi connectivity index (χ0v) is 19.9.